The third kappa shape index (κ3) is 4.75. The van der Waals surface area contributed by atoms with E-state index in [1.165, 1.54) is 24.4 Å². The summed E-state index contributed by atoms with van der Waals surface area (Å²) in [5.41, 5.74) is 0.312. The highest BCUT2D eigenvalue weighted by Crippen LogP contribution is 2.32. The second-order valence-corrected chi connectivity index (χ2v) is 8.26. The van der Waals surface area contributed by atoms with Gasteiger partial charge in [0.25, 0.3) is 5.91 Å². The van der Waals surface area contributed by atoms with E-state index in [1.54, 1.807) is 17.0 Å². The van der Waals surface area contributed by atoms with Crippen LogP contribution >= 0.6 is 15.9 Å². The predicted octanol–water partition coefficient (Wildman–Crippen LogP) is 3.91. The summed E-state index contributed by atoms with van der Waals surface area (Å²) in [5.74, 6) is -0.280. The number of amides is 2. The van der Waals surface area contributed by atoms with E-state index >= 15 is 0 Å². The highest BCUT2D eigenvalue weighted by atomic mass is 79.9. The maximum atomic E-state index is 13.3. The number of aromatic nitrogens is 1. The Labute approximate surface area is 176 Å². The number of likely N-dealkylation sites (tertiary alicyclic amines) is 1. The summed E-state index contributed by atoms with van der Waals surface area (Å²) >= 11 is 3.26. The minimum atomic E-state index is -0.398. The van der Waals surface area contributed by atoms with Crippen molar-refractivity contribution in [2.24, 2.45) is 5.92 Å². The maximum absolute atomic E-state index is 13.3. The molecule has 0 radical (unpaired) electrons. The third-order valence-electron chi connectivity index (χ3n) is 5.11. The molecular formula is C21H21BrFN3O3. The second kappa shape index (κ2) is 8.49. The Kier molecular flexibility index (Phi) is 5.80. The molecule has 0 bridgehead atoms. The van der Waals surface area contributed by atoms with Crippen LogP contribution in [-0.2, 0) is 4.79 Å². The number of carbonyl (C=O) groups is 2. The largest absolute Gasteiger partial charge is 0.437 e. The second-order valence-electron chi connectivity index (χ2n) is 7.41. The van der Waals surface area contributed by atoms with E-state index in [2.05, 4.69) is 26.2 Å². The van der Waals surface area contributed by atoms with Crippen LogP contribution in [0.15, 0.2) is 41.0 Å². The van der Waals surface area contributed by atoms with E-state index in [1.807, 2.05) is 0 Å². The summed E-state index contributed by atoms with van der Waals surface area (Å²) in [7, 11) is 0. The fraction of sp³-hybridized carbons (Fsp3) is 0.381. The molecule has 1 saturated carbocycles. The molecule has 2 amide bonds. The maximum Gasteiger partial charge on any atom is 0.259 e. The highest BCUT2D eigenvalue weighted by molar-refractivity contribution is 9.10. The standard InChI is InChI=1S/C21H21BrFN3O3/c22-17-11-14(23)5-8-18(17)29-20-16(4-1-9-24-20)21(28)26-10-2-3-13(12-26)19(27)25-15-6-7-15/h1,4-5,8-9,11,13,15H,2-3,6-7,10,12H2,(H,25,27). The number of halogens is 2. The van der Waals surface area contributed by atoms with Crippen LogP contribution in [0.4, 0.5) is 4.39 Å². The Balaban J connectivity index is 1.50. The van der Waals surface area contributed by atoms with E-state index < -0.39 is 5.82 Å². The van der Waals surface area contributed by atoms with Crippen molar-refractivity contribution < 1.29 is 18.7 Å². The van der Waals surface area contributed by atoms with Crippen LogP contribution in [0.5, 0.6) is 11.6 Å². The van der Waals surface area contributed by atoms with Crippen molar-refractivity contribution >= 4 is 27.7 Å². The Morgan fingerprint density at radius 1 is 1.24 bits per heavy atom. The zero-order valence-electron chi connectivity index (χ0n) is 15.7. The number of carbonyl (C=O) groups excluding carboxylic acids is 2. The highest BCUT2D eigenvalue weighted by Gasteiger charge is 2.33. The molecule has 1 aromatic heterocycles. The SMILES string of the molecule is O=C(NC1CC1)C1CCCN(C(=O)c2cccnc2Oc2ccc(F)cc2Br)C1. The van der Waals surface area contributed by atoms with Gasteiger partial charge in [0, 0.05) is 25.3 Å². The molecule has 6 nitrogen and oxygen atoms in total. The fourth-order valence-corrected chi connectivity index (χ4v) is 3.82. The van der Waals surface area contributed by atoms with Gasteiger partial charge < -0.3 is 15.0 Å². The first-order valence-corrected chi connectivity index (χ1v) is 10.5. The lowest BCUT2D eigenvalue weighted by Gasteiger charge is -2.32. The molecule has 1 aliphatic heterocycles. The number of hydrogen-bond donors (Lipinski definition) is 1. The van der Waals surface area contributed by atoms with Crippen molar-refractivity contribution in [1.29, 1.82) is 0 Å². The third-order valence-corrected chi connectivity index (χ3v) is 5.72. The molecular weight excluding hydrogens is 441 g/mol. The first kappa shape index (κ1) is 19.8. The van der Waals surface area contributed by atoms with Crippen LogP contribution < -0.4 is 10.1 Å². The molecule has 152 valence electrons. The summed E-state index contributed by atoms with van der Waals surface area (Å²) in [4.78, 5) is 31.4. The normalized spacial score (nSPS) is 19.0. The molecule has 1 aromatic carbocycles. The fourth-order valence-electron chi connectivity index (χ4n) is 3.39. The number of benzene rings is 1. The molecule has 2 aliphatic rings. The van der Waals surface area contributed by atoms with Crippen molar-refractivity contribution in [3.63, 3.8) is 0 Å². The van der Waals surface area contributed by atoms with E-state index in [4.69, 9.17) is 4.74 Å². The summed E-state index contributed by atoms with van der Waals surface area (Å²) in [6, 6.07) is 7.66. The van der Waals surface area contributed by atoms with Gasteiger partial charge in [-0.2, -0.15) is 0 Å². The summed E-state index contributed by atoms with van der Waals surface area (Å²) in [6.07, 6.45) is 5.16. The summed E-state index contributed by atoms with van der Waals surface area (Å²) in [6.45, 7) is 0.965. The monoisotopic (exact) mass is 461 g/mol. The van der Waals surface area contributed by atoms with Gasteiger partial charge in [-0.3, -0.25) is 9.59 Å². The Bertz CT molecular complexity index is 935. The van der Waals surface area contributed by atoms with Gasteiger partial charge >= 0.3 is 0 Å². The molecule has 8 heteroatoms. The van der Waals surface area contributed by atoms with Crippen LogP contribution in [0.3, 0.4) is 0 Å². The lowest BCUT2D eigenvalue weighted by molar-refractivity contribution is -0.126. The van der Waals surface area contributed by atoms with Crippen molar-refractivity contribution in [1.82, 2.24) is 15.2 Å². The first-order valence-electron chi connectivity index (χ1n) is 9.69. The van der Waals surface area contributed by atoms with Crippen LogP contribution in [0.1, 0.15) is 36.0 Å². The smallest absolute Gasteiger partial charge is 0.259 e. The number of pyridine rings is 1. The number of nitrogens with one attached hydrogen (secondary N) is 1. The van der Waals surface area contributed by atoms with Crippen molar-refractivity contribution in [2.75, 3.05) is 13.1 Å². The molecule has 2 aromatic rings. The molecule has 1 atom stereocenters. The molecule has 1 unspecified atom stereocenters. The van der Waals surface area contributed by atoms with E-state index in [-0.39, 0.29) is 23.6 Å². The zero-order valence-corrected chi connectivity index (χ0v) is 17.3. The lowest BCUT2D eigenvalue weighted by Crippen LogP contribution is -2.46. The van der Waals surface area contributed by atoms with Crippen molar-refractivity contribution in [2.45, 2.75) is 31.7 Å². The molecule has 1 saturated heterocycles. The molecule has 2 fully saturated rings. The molecule has 1 aliphatic carbocycles. The van der Waals surface area contributed by atoms with Crippen LogP contribution in [0, 0.1) is 11.7 Å². The molecule has 1 N–H and O–H groups in total. The Morgan fingerprint density at radius 3 is 2.83 bits per heavy atom. The van der Waals surface area contributed by atoms with E-state index in [0.717, 1.165) is 25.7 Å². The van der Waals surface area contributed by atoms with E-state index in [0.29, 0.717) is 34.9 Å². The Hall–Kier alpha value is -2.48. The average molecular weight is 462 g/mol. The predicted molar refractivity (Wildman–Crippen MR) is 108 cm³/mol. The quantitative estimate of drug-likeness (QED) is 0.732. The first-order chi connectivity index (χ1) is 14.0. The average Bonchev–Trinajstić information content (AvgIpc) is 3.54. The van der Waals surface area contributed by atoms with Crippen LogP contribution in [-0.4, -0.2) is 40.8 Å². The number of rotatable bonds is 5. The Morgan fingerprint density at radius 2 is 2.07 bits per heavy atom. The van der Waals surface area contributed by atoms with Gasteiger partial charge in [-0.05, 0) is 71.9 Å². The van der Waals surface area contributed by atoms with Gasteiger partial charge in [0.15, 0.2) is 0 Å². The minimum absolute atomic E-state index is 0.0305. The van der Waals surface area contributed by atoms with Gasteiger partial charge in [0.1, 0.15) is 17.1 Å². The molecule has 0 spiro atoms. The number of ether oxygens (including phenoxy) is 1. The summed E-state index contributed by atoms with van der Waals surface area (Å²) < 4.78 is 19.5. The number of piperidine rings is 1. The number of nitrogens with zero attached hydrogens (tertiary/aromatic N) is 2. The lowest BCUT2D eigenvalue weighted by atomic mass is 9.96. The van der Waals surface area contributed by atoms with Crippen molar-refractivity contribution in [3.05, 3.63) is 52.4 Å². The minimum Gasteiger partial charge on any atom is -0.437 e. The molecule has 29 heavy (non-hydrogen) atoms. The van der Waals surface area contributed by atoms with Gasteiger partial charge in [0.05, 0.1) is 10.4 Å². The van der Waals surface area contributed by atoms with Gasteiger partial charge in [-0.25, -0.2) is 9.37 Å². The zero-order chi connectivity index (χ0) is 20.4. The summed E-state index contributed by atoms with van der Waals surface area (Å²) in [5, 5.41) is 3.03. The number of hydrogen-bond acceptors (Lipinski definition) is 4. The molecule has 2 heterocycles. The molecule has 4 rings (SSSR count). The van der Waals surface area contributed by atoms with Crippen molar-refractivity contribution in [3.8, 4) is 11.6 Å². The topological polar surface area (TPSA) is 71.5 Å². The van der Waals surface area contributed by atoms with Crippen LogP contribution in [0.25, 0.3) is 0 Å². The van der Waals surface area contributed by atoms with E-state index in [9.17, 15) is 14.0 Å². The van der Waals surface area contributed by atoms with Crippen LogP contribution in [0.2, 0.25) is 0 Å². The van der Waals surface area contributed by atoms with Gasteiger partial charge in [-0.1, -0.05) is 0 Å². The van der Waals surface area contributed by atoms with Gasteiger partial charge in [-0.15, -0.1) is 0 Å². The van der Waals surface area contributed by atoms with Gasteiger partial charge in [0.2, 0.25) is 11.8 Å².